The zero-order chi connectivity index (χ0) is 21.5. The fourth-order valence-corrected chi connectivity index (χ4v) is 4.18. The van der Waals surface area contributed by atoms with Crippen LogP contribution in [0.1, 0.15) is 31.2 Å². The summed E-state index contributed by atoms with van der Waals surface area (Å²) in [5.74, 6) is 0. The van der Waals surface area contributed by atoms with Crippen molar-refractivity contribution in [2.75, 3.05) is 38.6 Å². The number of rotatable bonds is 8. The number of benzene rings is 1. The Balaban J connectivity index is 1.51. The molecule has 2 aromatic heterocycles. The first-order valence-electron chi connectivity index (χ1n) is 10.8. The number of piperidine rings is 1. The third-order valence-electron chi connectivity index (χ3n) is 5.62. The van der Waals surface area contributed by atoms with Crippen LogP contribution in [0.25, 0.3) is 22.2 Å². The highest BCUT2D eigenvalue weighted by Crippen LogP contribution is 2.28. The monoisotopic (exact) mass is 437 g/mol. The highest BCUT2D eigenvalue weighted by atomic mass is 35.5. The van der Waals surface area contributed by atoms with Crippen LogP contribution in [0.3, 0.4) is 0 Å². The van der Waals surface area contributed by atoms with E-state index in [0.29, 0.717) is 5.17 Å². The van der Waals surface area contributed by atoms with Crippen LogP contribution in [0.15, 0.2) is 53.9 Å². The smallest absolute Gasteiger partial charge is 0.175 e. The van der Waals surface area contributed by atoms with Crippen molar-refractivity contribution in [1.29, 1.82) is 0 Å². The van der Waals surface area contributed by atoms with Gasteiger partial charge in [0.05, 0.1) is 11.2 Å². The number of fused-ring (bicyclic) bond motifs is 1. The second-order valence-corrected chi connectivity index (χ2v) is 8.13. The predicted octanol–water partition coefficient (Wildman–Crippen LogP) is 5.13. The Morgan fingerprint density at radius 2 is 1.97 bits per heavy atom. The third-order valence-corrected chi connectivity index (χ3v) is 5.90. The van der Waals surface area contributed by atoms with E-state index in [4.69, 9.17) is 21.4 Å². The van der Waals surface area contributed by atoms with Gasteiger partial charge in [0.15, 0.2) is 5.17 Å². The van der Waals surface area contributed by atoms with Crippen LogP contribution < -0.4 is 5.32 Å². The maximum atomic E-state index is 6.12. The molecule has 1 aromatic carbocycles. The molecule has 0 saturated carbocycles. The molecule has 4 rings (SSSR count). The van der Waals surface area contributed by atoms with Gasteiger partial charge in [-0.05, 0) is 51.0 Å². The zero-order valence-corrected chi connectivity index (χ0v) is 18.6. The molecule has 1 aliphatic heterocycles. The molecule has 1 N–H and O–H groups in total. The second kappa shape index (κ2) is 10.6. The van der Waals surface area contributed by atoms with Crippen molar-refractivity contribution >= 4 is 33.4 Å². The minimum Gasteiger partial charge on any atom is -0.398 e. The number of oxime groups is 1. The largest absolute Gasteiger partial charge is 0.398 e. The standard InChI is InChI=1S/C24H28ClN5O/c1-31-29-24(25)19-8-6-18(7-9-19)22-16-23(20-17-26-12-10-21(20)28-22)27-11-5-15-30-13-3-2-4-14-30/h6-10,12,16-17H,2-5,11,13-15H2,1H3,(H,27,28). The lowest BCUT2D eigenvalue weighted by Gasteiger charge is -2.26. The Labute approximate surface area is 188 Å². The van der Waals surface area contributed by atoms with Crippen LogP contribution in [0.5, 0.6) is 0 Å². The maximum absolute atomic E-state index is 6.12. The molecule has 3 heterocycles. The van der Waals surface area contributed by atoms with E-state index in [1.165, 1.54) is 39.5 Å². The van der Waals surface area contributed by atoms with E-state index in [-0.39, 0.29) is 0 Å². The van der Waals surface area contributed by atoms with E-state index in [1.54, 1.807) is 6.20 Å². The molecule has 0 radical (unpaired) electrons. The molecule has 31 heavy (non-hydrogen) atoms. The van der Waals surface area contributed by atoms with Crippen LogP contribution >= 0.6 is 11.6 Å². The van der Waals surface area contributed by atoms with Gasteiger partial charge < -0.3 is 15.1 Å². The Hall–Kier alpha value is -2.70. The van der Waals surface area contributed by atoms with E-state index in [1.807, 2.05) is 36.5 Å². The van der Waals surface area contributed by atoms with Gasteiger partial charge in [-0.1, -0.05) is 47.4 Å². The number of anilines is 1. The summed E-state index contributed by atoms with van der Waals surface area (Å²) >= 11 is 6.12. The van der Waals surface area contributed by atoms with Gasteiger partial charge >= 0.3 is 0 Å². The number of halogens is 1. The highest BCUT2D eigenvalue weighted by Gasteiger charge is 2.11. The van der Waals surface area contributed by atoms with Crippen LogP contribution in [0, 0.1) is 0 Å². The lowest BCUT2D eigenvalue weighted by Crippen LogP contribution is -2.31. The quantitative estimate of drug-likeness (QED) is 0.300. The van der Waals surface area contributed by atoms with E-state index in [2.05, 4.69) is 26.4 Å². The predicted molar refractivity (Wildman–Crippen MR) is 128 cm³/mol. The summed E-state index contributed by atoms with van der Waals surface area (Å²) in [6.45, 7) is 4.54. The molecule has 3 aromatic rings. The minimum atomic E-state index is 0.322. The van der Waals surface area contributed by atoms with Crippen molar-refractivity contribution in [3.63, 3.8) is 0 Å². The minimum absolute atomic E-state index is 0.322. The average molecular weight is 438 g/mol. The Kier molecular flexibility index (Phi) is 7.33. The SMILES string of the molecule is CON=C(Cl)c1ccc(-c2cc(NCCCN3CCCCC3)c3cnccc3n2)cc1. The van der Waals surface area contributed by atoms with Gasteiger partial charge in [-0.2, -0.15) is 0 Å². The normalized spacial score (nSPS) is 15.2. The lowest BCUT2D eigenvalue weighted by molar-refractivity contribution is 0.214. The van der Waals surface area contributed by atoms with Gasteiger partial charge in [0.1, 0.15) is 7.11 Å². The number of nitrogens with zero attached hydrogens (tertiary/aromatic N) is 4. The zero-order valence-electron chi connectivity index (χ0n) is 17.9. The number of hydrogen-bond acceptors (Lipinski definition) is 6. The van der Waals surface area contributed by atoms with E-state index < -0.39 is 0 Å². The Morgan fingerprint density at radius 1 is 1.16 bits per heavy atom. The summed E-state index contributed by atoms with van der Waals surface area (Å²) < 4.78 is 0. The van der Waals surface area contributed by atoms with Gasteiger partial charge in [0.2, 0.25) is 0 Å². The van der Waals surface area contributed by atoms with Crippen molar-refractivity contribution < 1.29 is 4.84 Å². The third kappa shape index (κ3) is 5.51. The van der Waals surface area contributed by atoms with Crippen LogP contribution in [0.2, 0.25) is 0 Å². The van der Waals surface area contributed by atoms with Crippen molar-refractivity contribution in [1.82, 2.24) is 14.9 Å². The molecular weight excluding hydrogens is 410 g/mol. The number of pyridine rings is 2. The summed E-state index contributed by atoms with van der Waals surface area (Å²) in [6, 6.07) is 11.9. The summed E-state index contributed by atoms with van der Waals surface area (Å²) in [4.78, 5) is 16.5. The van der Waals surface area contributed by atoms with Crippen molar-refractivity contribution in [2.24, 2.45) is 5.16 Å². The number of likely N-dealkylation sites (tertiary alicyclic amines) is 1. The molecule has 6 nitrogen and oxygen atoms in total. The maximum Gasteiger partial charge on any atom is 0.175 e. The van der Waals surface area contributed by atoms with Gasteiger partial charge in [0, 0.05) is 41.1 Å². The summed E-state index contributed by atoms with van der Waals surface area (Å²) in [5.41, 5.74) is 4.71. The molecule has 0 spiro atoms. The Morgan fingerprint density at radius 3 is 2.74 bits per heavy atom. The van der Waals surface area contributed by atoms with Gasteiger partial charge in [-0.25, -0.2) is 4.98 Å². The molecule has 7 heteroatoms. The van der Waals surface area contributed by atoms with Crippen molar-refractivity contribution in [2.45, 2.75) is 25.7 Å². The first-order valence-corrected chi connectivity index (χ1v) is 11.2. The molecule has 1 saturated heterocycles. The summed E-state index contributed by atoms with van der Waals surface area (Å²) in [5, 5.41) is 8.75. The summed E-state index contributed by atoms with van der Waals surface area (Å²) in [7, 11) is 1.48. The molecule has 0 bridgehead atoms. The van der Waals surface area contributed by atoms with Gasteiger partial charge in [-0.15, -0.1) is 0 Å². The molecular formula is C24H28ClN5O. The Bertz CT molecular complexity index is 1030. The molecule has 0 amide bonds. The van der Waals surface area contributed by atoms with Crippen LogP contribution in [0.4, 0.5) is 5.69 Å². The van der Waals surface area contributed by atoms with Crippen molar-refractivity contribution in [3.8, 4) is 11.3 Å². The molecule has 162 valence electrons. The molecule has 1 fully saturated rings. The first-order chi connectivity index (χ1) is 15.2. The lowest BCUT2D eigenvalue weighted by atomic mass is 10.1. The molecule has 0 aliphatic carbocycles. The molecule has 0 unspecified atom stereocenters. The summed E-state index contributed by atoms with van der Waals surface area (Å²) in [6.07, 6.45) is 8.81. The van der Waals surface area contributed by atoms with Crippen LogP contribution in [-0.2, 0) is 4.84 Å². The number of aromatic nitrogens is 2. The topological polar surface area (TPSA) is 62.6 Å². The van der Waals surface area contributed by atoms with E-state index >= 15 is 0 Å². The fraction of sp³-hybridized carbons (Fsp3) is 0.375. The van der Waals surface area contributed by atoms with E-state index in [0.717, 1.165) is 52.9 Å². The number of hydrogen-bond donors (Lipinski definition) is 1. The van der Waals surface area contributed by atoms with E-state index in [9.17, 15) is 0 Å². The van der Waals surface area contributed by atoms with Crippen LogP contribution in [-0.4, -0.2) is 53.3 Å². The second-order valence-electron chi connectivity index (χ2n) is 7.77. The van der Waals surface area contributed by atoms with Crippen molar-refractivity contribution in [3.05, 3.63) is 54.4 Å². The first kappa shape index (κ1) is 21.5. The average Bonchev–Trinajstić information content (AvgIpc) is 2.82. The fourth-order valence-electron chi connectivity index (χ4n) is 3.98. The highest BCUT2D eigenvalue weighted by molar-refractivity contribution is 6.69. The van der Waals surface area contributed by atoms with Gasteiger partial charge in [-0.3, -0.25) is 4.98 Å². The molecule has 0 atom stereocenters. The molecule has 1 aliphatic rings. The van der Waals surface area contributed by atoms with Gasteiger partial charge in [0.25, 0.3) is 0 Å². The number of nitrogens with one attached hydrogen (secondary N) is 1.